The third-order valence-corrected chi connectivity index (χ3v) is 3.53. The summed E-state index contributed by atoms with van der Waals surface area (Å²) in [5.41, 5.74) is -0.281. The first-order valence-corrected chi connectivity index (χ1v) is 6.52. The lowest BCUT2D eigenvalue weighted by Crippen LogP contribution is -2.50. The minimum Gasteiger partial charge on any atom is -0.506 e. The SMILES string of the molecule is CN1CCC[C@H](NC(=O)c2cc(F)cc(Cl)c2O)C1=O. The normalized spacial score (nSPS) is 19.1. The van der Waals surface area contributed by atoms with Gasteiger partial charge < -0.3 is 15.3 Å². The van der Waals surface area contributed by atoms with E-state index in [9.17, 15) is 19.1 Å². The molecular formula is C13H14ClFN2O3. The van der Waals surface area contributed by atoms with E-state index in [1.165, 1.54) is 4.90 Å². The Balaban J connectivity index is 2.18. The standard InChI is InChI=1S/C13H14ClFN2O3/c1-17-4-2-3-10(13(17)20)16-12(19)8-5-7(15)6-9(14)11(8)18/h5-6,10,18H,2-4H2,1H3,(H,16,19)/t10-/m0/s1. The summed E-state index contributed by atoms with van der Waals surface area (Å²) in [5.74, 6) is -2.16. The van der Waals surface area contributed by atoms with Crippen LogP contribution in [-0.2, 0) is 4.79 Å². The van der Waals surface area contributed by atoms with Gasteiger partial charge in [0.15, 0.2) is 0 Å². The monoisotopic (exact) mass is 300 g/mol. The van der Waals surface area contributed by atoms with Crippen molar-refractivity contribution in [1.29, 1.82) is 0 Å². The minimum absolute atomic E-state index is 0.202. The van der Waals surface area contributed by atoms with E-state index < -0.39 is 23.5 Å². The second-order valence-electron chi connectivity index (χ2n) is 4.71. The number of phenolic OH excluding ortho intramolecular Hbond substituents is 1. The number of carbonyl (C=O) groups excluding carboxylic acids is 2. The van der Waals surface area contributed by atoms with Gasteiger partial charge in [-0.1, -0.05) is 11.6 Å². The van der Waals surface area contributed by atoms with Gasteiger partial charge in [0.25, 0.3) is 5.91 Å². The molecule has 1 heterocycles. The average Bonchev–Trinajstić information content (AvgIpc) is 2.39. The number of piperidine rings is 1. The van der Waals surface area contributed by atoms with Crippen LogP contribution < -0.4 is 5.32 Å². The first-order valence-electron chi connectivity index (χ1n) is 6.14. The lowest BCUT2D eigenvalue weighted by molar-refractivity contribution is -0.134. The average molecular weight is 301 g/mol. The van der Waals surface area contributed by atoms with Crippen molar-refractivity contribution in [2.45, 2.75) is 18.9 Å². The summed E-state index contributed by atoms with van der Waals surface area (Å²) in [6.45, 7) is 0.641. The third-order valence-electron chi connectivity index (χ3n) is 3.24. The zero-order valence-electron chi connectivity index (χ0n) is 10.8. The number of phenols is 1. The number of hydrogen-bond donors (Lipinski definition) is 2. The molecule has 20 heavy (non-hydrogen) atoms. The molecule has 0 spiro atoms. The van der Waals surface area contributed by atoms with Crippen molar-refractivity contribution in [2.24, 2.45) is 0 Å². The van der Waals surface area contributed by atoms with Crippen LogP contribution in [0.3, 0.4) is 0 Å². The number of aromatic hydroxyl groups is 1. The maximum Gasteiger partial charge on any atom is 0.255 e. The van der Waals surface area contributed by atoms with E-state index in [2.05, 4.69) is 5.32 Å². The van der Waals surface area contributed by atoms with Crippen molar-refractivity contribution >= 4 is 23.4 Å². The van der Waals surface area contributed by atoms with Gasteiger partial charge in [-0.15, -0.1) is 0 Å². The molecule has 1 fully saturated rings. The molecule has 0 radical (unpaired) electrons. The van der Waals surface area contributed by atoms with Crippen molar-refractivity contribution in [1.82, 2.24) is 10.2 Å². The highest BCUT2D eigenvalue weighted by molar-refractivity contribution is 6.32. The highest BCUT2D eigenvalue weighted by Gasteiger charge is 2.29. The summed E-state index contributed by atoms with van der Waals surface area (Å²) >= 11 is 5.61. The lowest BCUT2D eigenvalue weighted by atomic mass is 10.0. The Morgan fingerprint density at radius 2 is 2.25 bits per heavy atom. The van der Waals surface area contributed by atoms with Gasteiger partial charge in [-0.2, -0.15) is 0 Å². The summed E-state index contributed by atoms with van der Waals surface area (Å²) < 4.78 is 13.2. The number of rotatable bonds is 2. The lowest BCUT2D eigenvalue weighted by Gasteiger charge is -2.29. The molecule has 7 heteroatoms. The molecule has 2 rings (SSSR count). The molecule has 2 amide bonds. The Bertz CT molecular complexity index is 565. The Morgan fingerprint density at radius 3 is 2.95 bits per heavy atom. The number of carbonyl (C=O) groups is 2. The third kappa shape index (κ3) is 2.85. The van der Waals surface area contributed by atoms with Gasteiger partial charge in [-0.3, -0.25) is 9.59 Å². The predicted molar refractivity (Wildman–Crippen MR) is 71.2 cm³/mol. The van der Waals surface area contributed by atoms with Crippen molar-refractivity contribution in [3.05, 3.63) is 28.5 Å². The predicted octanol–water partition coefficient (Wildman–Crippen LogP) is 1.54. The molecule has 1 aliphatic heterocycles. The number of likely N-dealkylation sites (tertiary alicyclic amines) is 1. The van der Waals surface area contributed by atoms with Gasteiger partial charge in [-0.05, 0) is 25.0 Å². The topological polar surface area (TPSA) is 69.6 Å². The smallest absolute Gasteiger partial charge is 0.255 e. The number of nitrogens with one attached hydrogen (secondary N) is 1. The van der Waals surface area contributed by atoms with Gasteiger partial charge in [0, 0.05) is 13.6 Å². The molecule has 1 aromatic rings. The Labute approximate surface area is 120 Å². The zero-order valence-corrected chi connectivity index (χ0v) is 11.6. The molecule has 5 nitrogen and oxygen atoms in total. The summed E-state index contributed by atoms with van der Waals surface area (Å²) in [4.78, 5) is 25.4. The van der Waals surface area contributed by atoms with Crippen LogP contribution in [0, 0.1) is 5.82 Å². The number of likely N-dealkylation sites (N-methyl/N-ethyl adjacent to an activating group) is 1. The molecule has 1 atom stereocenters. The summed E-state index contributed by atoms with van der Waals surface area (Å²) in [6, 6.07) is 1.13. The van der Waals surface area contributed by atoms with Crippen molar-refractivity contribution in [3.8, 4) is 5.75 Å². The van der Waals surface area contributed by atoms with Crippen LogP contribution in [-0.4, -0.2) is 41.5 Å². The fourth-order valence-corrected chi connectivity index (χ4v) is 2.35. The number of amides is 2. The number of hydrogen-bond acceptors (Lipinski definition) is 3. The second kappa shape index (κ2) is 5.66. The molecule has 1 saturated heterocycles. The molecule has 108 valence electrons. The largest absolute Gasteiger partial charge is 0.506 e. The molecule has 0 aliphatic carbocycles. The number of halogens is 2. The Kier molecular flexibility index (Phi) is 4.13. The van der Waals surface area contributed by atoms with Crippen molar-refractivity contribution in [2.75, 3.05) is 13.6 Å². The fourth-order valence-electron chi connectivity index (χ4n) is 2.14. The van der Waals surface area contributed by atoms with E-state index in [1.54, 1.807) is 7.05 Å². The molecular weight excluding hydrogens is 287 g/mol. The van der Waals surface area contributed by atoms with E-state index in [0.717, 1.165) is 18.6 Å². The molecule has 0 saturated carbocycles. The van der Waals surface area contributed by atoms with E-state index in [-0.39, 0.29) is 16.5 Å². The fraction of sp³-hybridized carbons (Fsp3) is 0.385. The van der Waals surface area contributed by atoms with E-state index >= 15 is 0 Å². The quantitative estimate of drug-likeness (QED) is 0.870. The van der Waals surface area contributed by atoms with Crippen LogP contribution in [0.4, 0.5) is 4.39 Å². The minimum atomic E-state index is -0.731. The summed E-state index contributed by atoms with van der Waals surface area (Å²) in [7, 11) is 1.65. The maximum absolute atomic E-state index is 13.2. The molecule has 1 aromatic carbocycles. The van der Waals surface area contributed by atoms with E-state index in [1.807, 2.05) is 0 Å². The number of benzene rings is 1. The van der Waals surface area contributed by atoms with Crippen LogP contribution in [0.25, 0.3) is 0 Å². The van der Waals surface area contributed by atoms with Gasteiger partial charge in [-0.25, -0.2) is 4.39 Å². The van der Waals surface area contributed by atoms with Crippen LogP contribution in [0.5, 0.6) is 5.75 Å². The first kappa shape index (κ1) is 14.6. The highest BCUT2D eigenvalue weighted by atomic mass is 35.5. The summed E-state index contributed by atoms with van der Waals surface area (Å²) in [6.07, 6.45) is 1.28. The molecule has 0 unspecified atom stereocenters. The summed E-state index contributed by atoms with van der Waals surface area (Å²) in [5, 5.41) is 11.9. The van der Waals surface area contributed by atoms with E-state index in [4.69, 9.17) is 11.6 Å². The van der Waals surface area contributed by atoms with Crippen LogP contribution >= 0.6 is 11.6 Å². The Hall–Kier alpha value is -1.82. The van der Waals surface area contributed by atoms with Gasteiger partial charge in [0.1, 0.15) is 17.6 Å². The van der Waals surface area contributed by atoms with Gasteiger partial charge in [0.05, 0.1) is 10.6 Å². The van der Waals surface area contributed by atoms with Gasteiger partial charge >= 0.3 is 0 Å². The van der Waals surface area contributed by atoms with Crippen LogP contribution in [0.1, 0.15) is 23.2 Å². The van der Waals surface area contributed by atoms with Crippen molar-refractivity contribution in [3.63, 3.8) is 0 Å². The first-order chi connectivity index (χ1) is 9.40. The second-order valence-corrected chi connectivity index (χ2v) is 5.12. The maximum atomic E-state index is 13.2. The van der Waals surface area contributed by atoms with Crippen LogP contribution in [0.15, 0.2) is 12.1 Å². The number of nitrogens with zero attached hydrogens (tertiary/aromatic N) is 1. The van der Waals surface area contributed by atoms with Crippen molar-refractivity contribution < 1.29 is 19.1 Å². The molecule has 1 aliphatic rings. The van der Waals surface area contributed by atoms with E-state index in [0.29, 0.717) is 13.0 Å². The van der Waals surface area contributed by atoms with Gasteiger partial charge in [0.2, 0.25) is 5.91 Å². The highest BCUT2D eigenvalue weighted by Crippen LogP contribution is 2.28. The molecule has 0 aromatic heterocycles. The van der Waals surface area contributed by atoms with Crippen LogP contribution in [0.2, 0.25) is 5.02 Å². The molecule has 0 bridgehead atoms. The Morgan fingerprint density at radius 1 is 1.55 bits per heavy atom. The zero-order chi connectivity index (χ0) is 14.9. The molecule has 2 N–H and O–H groups in total.